The van der Waals surface area contributed by atoms with Gasteiger partial charge < -0.3 is 4.90 Å². The molecule has 0 fully saturated rings. The van der Waals surface area contributed by atoms with Crippen LogP contribution in [0.15, 0.2) is 24.3 Å². The number of carbonyl (C=O) groups excluding carboxylic acids is 1. The van der Waals surface area contributed by atoms with Gasteiger partial charge in [0.1, 0.15) is 0 Å². The number of hydrogen-bond acceptors (Lipinski definition) is 1. The number of nitrogens with zero attached hydrogens (tertiary/aromatic N) is 1. The van der Waals surface area contributed by atoms with Crippen molar-refractivity contribution in [3.05, 3.63) is 29.8 Å². The molecule has 2 rings (SSSR count). The van der Waals surface area contributed by atoms with Gasteiger partial charge in [0.2, 0.25) is 5.91 Å². The van der Waals surface area contributed by atoms with E-state index in [-0.39, 0.29) is 5.91 Å². The largest absolute Gasteiger partial charge is 0.312 e. The SMILES string of the molecule is CC(C)CN1C(=O)Cc2ccccc21. The van der Waals surface area contributed by atoms with E-state index in [1.165, 1.54) is 0 Å². The molecule has 0 unspecified atom stereocenters. The van der Waals surface area contributed by atoms with Crippen molar-refractivity contribution in [2.75, 3.05) is 11.4 Å². The fourth-order valence-electron chi connectivity index (χ4n) is 1.88. The van der Waals surface area contributed by atoms with Gasteiger partial charge in [0.25, 0.3) is 0 Å². The van der Waals surface area contributed by atoms with E-state index >= 15 is 0 Å². The summed E-state index contributed by atoms with van der Waals surface area (Å²) < 4.78 is 0. The second-order valence-corrected chi connectivity index (χ2v) is 4.20. The topological polar surface area (TPSA) is 20.3 Å². The van der Waals surface area contributed by atoms with Crippen molar-refractivity contribution < 1.29 is 4.79 Å². The van der Waals surface area contributed by atoms with Gasteiger partial charge in [-0.25, -0.2) is 0 Å². The number of fused-ring (bicyclic) bond motifs is 1. The van der Waals surface area contributed by atoms with Crippen molar-refractivity contribution in [3.63, 3.8) is 0 Å². The standard InChI is InChI=1S/C12H15NO/c1-9(2)8-13-11-6-4-3-5-10(11)7-12(13)14/h3-6,9H,7-8H2,1-2H3. The lowest BCUT2D eigenvalue weighted by Gasteiger charge is -2.19. The monoisotopic (exact) mass is 189 g/mol. The Bertz CT molecular complexity index is 357. The van der Waals surface area contributed by atoms with Crippen molar-refractivity contribution in [1.82, 2.24) is 0 Å². The van der Waals surface area contributed by atoms with Gasteiger partial charge in [-0.2, -0.15) is 0 Å². The molecule has 2 nitrogen and oxygen atoms in total. The lowest BCUT2D eigenvalue weighted by atomic mass is 10.1. The number of carbonyl (C=O) groups is 1. The Morgan fingerprint density at radius 1 is 1.36 bits per heavy atom. The fraction of sp³-hybridized carbons (Fsp3) is 0.417. The van der Waals surface area contributed by atoms with Crippen LogP contribution in [0.25, 0.3) is 0 Å². The summed E-state index contributed by atoms with van der Waals surface area (Å²) in [5.41, 5.74) is 2.27. The first-order chi connectivity index (χ1) is 6.68. The van der Waals surface area contributed by atoms with Gasteiger partial charge >= 0.3 is 0 Å². The van der Waals surface area contributed by atoms with Gasteiger partial charge in [-0.3, -0.25) is 4.79 Å². The Morgan fingerprint density at radius 2 is 2.07 bits per heavy atom. The van der Waals surface area contributed by atoms with Crippen LogP contribution in [0.5, 0.6) is 0 Å². The molecule has 0 spiro atoms. The van der Waals surface area contributed by atoms with Crippen LogP contribution in [0.3, 0.4) is 0 Å². The summed E-state index contributed by atoms with van der Waals surface area (Å²) in [6.07, 6.45) is 0.572. The number of para-hydroxylation sites is 1. The molecule has 0 aliphatic carbocycles. The van der Waals surface area contributed by atoms with Gasteiger partial charge in [-0.05, 0) is 17.5 Å². The molecule has 1 amide bonds. The van der Waals surface area contributed by atoms with Crippen LogP contribution in [0.1, 0.15) is 19.4 Å². The summed E-state index contributed by atoms with van der Waals surface area (Å²) in [7, 11) is 0. The van der Waals surface area contributed by atoms with Crippen molar-refractivity contribution in [2.24, 2.45) is 5.92 Å². The van der Waals surface area contributed by atoms with Crippen LogP contribution in [0, 0.1) is 5.92 Å². The second-order valence-electron chi connectivity index (χ2n) is 4.20. The third-order valence-corrected chi connectivity index (χ3v) is 2.47. The molecule has 2 heteroatoms. The molecule has 1 aliphatic heterocycles. The molecule has 74 valence electrons. The first-order valence-corrected chi connectivity index (χ1v) is 5.06. The zero-order chi connectivity index (χ0) is 10.1. The highest BCUT2D eigenvalue weighted by molar-refractivity contribution is 6.01. The van der Waals surface area contributed by atoms with E-state index in [0.29, 0.717) is 12.3 Å². The Morgan fingerprint density at radius 3 is 2.79 bits per heavy atom. The first kappa shape index (κ1) is 9.25. The van der Waals surface area contributed by atoms with Gasteiger partial charge in [0.05, 0.1) is 6.42 Å². The van der Waals surface area contributed by atoms with Gasteiger partial charge in [-0.1, -0.05) is 32.0 Å². The summed E-state index contributed by atoms with van der Waals surface area (Å²) in [5, 5.41) is 0. The molecule has 14 heavy (non-hydrogen) atoms. The normalized spacial score (nSPS) is 15.1. The molecule has 0 saturated carbocycles. The molecule has 0 atom stereocenters. The number of rotatable bonds is 2. The quantitative estimate of drug-likeness (QED) is 0.698. The number of hydrogen-bond donors (Lipinski definition) is 0. The minimum absolute atomic E-state index is 0.236. The maximum absolute atomic E-state index is 11.7. The summed E-state index contributed by atoms with van der Waals surface area (Å²) in [5.74, 6) is 0.755. The zero-order valence-electron chi connectivity index (χ0n) is 8.66. The molecular formula is C12H15NO. The van der Waals surface area contributed by atoms with E-state index in [1.54, 1.807) is 0 Å². The van der Waals surface area contributed by atoms with Crippen molar-refractivity contribution in [1.29, 1.82) is 0 Å². The Kier molecular flexibility index (Phi) is 2.28. The molecule has 0 radical (unpaired) electrons. The lowest BCUT2D eigenvalue weighted by molar-refractivity contribution is -0.117. The van der Waals surface area contributed by atoms with E-state index in [4.69, 9.17) is 0 Å². The van der Waals surface area contributed by atoms with E-state index < -0.39 is 0 Å². The minimum atomic E-state index is 0.236. The Hall–Kier alpha value is -1.31. The molecule has 0 aromatic heterocycles. The third-order valence-electron chi connectivity index (χ3n) is 2.47. The molecule has 1 aliphatic rings. The summed E-state index contributed by atoms with van der Waals surface area (Å²) >= 11 is 0. The summed E-state index contributed by atoms with van der Waals surface area (Å²) in [6.45, 7) is 5.10. The highest BCUT2D eigenvalue weighted by Crippen LogP contribution is 2.28. The predicted octanol–water partition coefficient (Wildman–Crippen LogP) is 2.23. The van der Waals surface area contributed by atoms with E-state index in [2.05, 4.69) is 13.8 Å². The highest BCUT2D eigenvalue weighted by atomic mass is 16.2. The fourth-order valence-corrected chi connectivity index (χ4v) is 1.88. The maximum atomic E-state index is 11.7. The molecule has 0 bridgehead atoms. The summed E-state index contributed by atoms with van der Waals surface area (Å²) in [6, 6.07) is 8.05. The Balaban J connectivity index is 2.30. The lowest BCUT2D eigenvalue weighted by Crippen LogP contribution is -2.30. The van der Waals surface area contributed by atoms with Crippen molar-refractivity contribution >= 4 is 11.6 Å². The second kappa shape index (κ2) is 3.45. The molecule has 1 aromatic rings. The van der Waals surface area contributed by atoms with E-state index in [9.17, 15) is 4.79 Å². The highest BCUT2D eigenvalue weighted by Gasteiger charge is 2.26. The molecule has 0 saturated heterocycles. The first-order valence-electron chi connectivity index (χ1n) is 5.06. The van der Waals surface area contributed by atoms with Gasteiger partial charge in [-0.15, -0.1) is 0 Å². The molecule has 1 heterocycles. The van der Waals surface area contributed by atoms with Crippen LogP contribution in [0.2, 0.25) is 0 Å². The van der Waals surface area contributed by atoms with Gasteiger partial charge in [0, 0.05) is 12.2 Å². The van der Waals surface area contributed by atoms with Crippen LogP contribution in [-0.4, -0.2) is 12.5 Å². The molecular weight excluding hydrogens is 174 g/mol. The minimum Gasteiger partial charge on any atom is -0.312 e. The number of amides is 1. The van der Waals surface area contributed by atoms with Crippen LogP contribution < -0.4 is 4.90 Å². The predicted molar refractivity (Wildman–Crippen MR) is 57.3 cm³/mol. The average molecular weight is 189 g/mol. The summed E-state index contributed by atoms with van der Waals surface area (Å²) in [4.78, 5) is 13.6. The molecule has 1 aromatic carbocycles. The van der Waals surface area contributed by atoms with Crippen LogP contribution >= 0.6 is 0 Å². The zero-order valence-corrected chi connectivity index (χ0v) is 8.66. The number of anilines is 1. The van der Waals surface area contributed by atoms with Crippen LogP contribution in [0.4, 0.5) is 5.69 Å². The number of benzene rings is 1. The van der Waals surface area contributed by atoms with Crippen molar-refractivity contribution in [3.8, 4) is 0 Å². The average Bonchev–Trinajstić information content (AvgIpc) is 2.43. The third kappa shape index (κ3) is 1.52. The van der Waals surface area contributed by atoms with E-state index in [1.807, 2.05) is 29.2 Å². The van der Waals surface area contributed by atoms with Crippen molar-refractivity contribution in [2.45, 2.75) is 20.3 Å². The van der Waals surface area contributed by atoms with Crippen LogP contribution in [-0.2, 0) is 11.2 Å². The maximum Gasteiger partial charge on any atom is 0.231 e. The van der Waals surface area contributed by atoms with E-state index in [0.717, 1.165) is 17.8 Å². The smallest absolute Gasteiger partial charge is 0.231 e. The molecule has 0 N–H and O–H groups in total. The van der Waals surface area contributed by atoms with Gasteiger partial charge in [0.15, 0.2) is 0 Å². The Labute approximate surface area is 84.5 Å².